The summed E-state index contributed by atoms with van der Waals surface area (Å²) in [5, 5.41) is 0. The number of unbranched alkanes of at least 4 members (excludes halogenated alkanes) is 3. The van der Waals surface area contributed by atoms with Gasteiger partial charge >= 0.3 is 0 Å². The molecule has 1 heterocycles. The third kappa shape index (κ3) is 3.14. The van der Waals surface area contributed by atoms with Crippen molar-refractivity contribution in [3.8, 4) is 0 Å². The van der Waals surface area contributed by atoms with Gasteiger partial charge in [-0.25, -0.2) is 0 Å². The van der Waals surface area contributed by atoms with E-state index < -0.39 is 8.07 Å². The van der Waals surface area contributed by atoms with Gasteiger partial charge in [0.05, 0.1) is 8.07 Å². The van der Waals surface area contributed by atoms with Crippen LogP contribution in [0.4, 0.5) is 0 Å². The lowest BCUT2D eigenvalue weighted by atomic mass is 10.2. The maximum absolute atomic E-state index is 2.59. The van der Waals surface area contributed by atoms with E-state index in [1.54, 1.807) is 12.1 Å². The Morgan fingerprint density at radius 2 is 2.00 bits per heavy atom. The summed E-state index contributed by atoms with van der Waals surface area (Å²) in [7, 11) is -0.737. The molecule has 1 rings (SSSR count). The minimum absolute atomic E-state index is 0.737. The smallest absolute Gasteiger partial charge is 0.0743 e. The highest BCUT2D eigenvalue weighted by Crippen LogP contribution is 2.33. The van der Waals surface area contributed by atoms with Gasteiger partial charge in [-0.1, -0.05) is 56.6 Å². The Bertz CT molecular complexity index is 145. The second-order valence-corrected chi connectivity index (χ2v) is 9.05. The monoisotopic (exact) mass is 182 g/mol. The topological polar surface area (TPSA) is 0 Å². The van der Waals surface area contributed by atoms with Crippen LogP contribution in [0.2, 0.25) is 18.6 Å². The summed E-state index contributed by atoms with van der Waals surface area (Å²) < 4.78 is 0. The van der Waals surface area contributed by atoms with Crippen LogP contribution in [0.25, 0.3) is 0 Å². The summed E-state index contributed by atoms with van der Waals surface area (Å²) in [5.74, 6) is 0. The summed E-state index contributed by atoms with van der Waals surface area (Å²) in [6, 6.07) is 3.11. The molecule has 0 bridgehead atoms. The second-order valence-electron chi connectivity index (χ2n) is 4.41. The molecule has 0 radical (unpaired) electrons. The molecule has 0 aromatic carbocycles. The molecule has 0 amide bonds. The number of allylic oxidation sites excluding steroid dienone is 1. The Morgan fingerprint density at radius 3 is 2.50 bits per heavy atom. The van der Waals surface area contributed by atoms with E-state index >= 15 is 0 Å². The highest BCUT2D eigenvalue weighted by molar-refractivity contribution is 6.85. The Hall–Kier alpha value is -0.0431. The molecule has 70 valence electrons. The summed E-state index contributed by atoms with van der Waals surface area (Å²) >= 11 is 0. The van der Waals surface area contributed by atoms with Crippen molar-refractivity contribution >= 4 is 8.07 Å². The molecule has 12 heavy (non-hydrogen) atoms. The molecule has 0 nitrogen and oxygen atoms in total. The van der Waals surface area contributed by atoms with Crippen molar-refractivity contribution in [3.05, 3.63) is 11.8 Å². The predicted molar refractivity (Wildman–Crippen MR) is 59.1 cm³/mol. The van der Waals surface area contributed by atoms with E-state index in [0.717, 1.165) is 0 Å². The van der Waals surface area contributed by atoms with Crippen LogP contribution >= 0.6 is 0 Å². The maximum atomic E-state index is 2.59. The molecule has 0 aromatic heterocycles. The highest BCUT2D eigenvalue weighted by Gasteiger charge is 2.30. The largest absolute Gasteiger partial charge is 0.0984 e. The van der Waals surface area contributed by atoms with Crippen LogP contribution in [0.5, 0.6) is 0 Å². The van der Waals surface area contributed by atoms with Crippen LogP contribution in [0.15, 0.2) is 11.8 Å². The fraction of sp³-hybridized carbons (Fsp3) is 0.818. The third-order valence-electron chi connectivity index (χ3n) is 2.99. The molecule has 1 heteroatoms. The van der Waals surface area contributed by atoms with Crippen LogP contribution in [0, 0.1) is 0 Å². The zero-order valence-electron chi connectivity index (χ0n) is 8.60. The van der Waals surface area contributed by atoms with Gasteiger partial charge < -0.3 is 0 Å². The standard InChI is InChI=1S/C11H22Si/c1-3-4-5-6-7-9-12(2)10-8-11-12/h7,9H,3-6,8,10-11H2,1-2H3/b9-7-. The molecule has 1 saturated heterocycles. The van der Waals surface area contributed by atoms with Gasteiger partial charge in [0.1, 0.15) is 0 Å². The first-order valence-electron chi connectivity index (χ1n) is 5.44. The van der Waals surface area contributed by atoms with Crippen LogP contribution in [0.1, 0.15) is 39.0 Å². The molecule has 0 spiro atoms. The predicted octanol–water partition coefficient (Wildman–Crippen LogP) is 4.14. The zero-order chi connectivity index (χ0) is 8.86. The van der Waals surface area contributed by atoms with Crippen molar-refractivity contribution in [1.29, 1.82) is 0 Å². The molecular formula is C11H22Si. The van der Waals surface area contributed by atoms with Crippen molar-refractivity contribution in [2.24, 2.45) is 0 Å². The summed E-state index contributed by atoms with van der Waals surface area (Å²) in [6.07, 6.45) is 9.45. The van der Waals surface area contributed by atoms with E-state index in [4.69, 9.17) is 0 Å². The van der Waals surface area contributed by atoms with E-state index in [0.29, 0.717) is 0 Å². The molecule has 0 aliphatic carbocycles. The van der Waals surface area contributed by atoms with Crippen molar-refractivity contribution < 1.29 is 0 Å². The molecule has 0 atom stereocenters. The lowest BCUT2D eigenvalue weighted by molar-refractivity contribution is 0.729. The van der Waals surface area contributed by atoms with Gasteiger partial charge in [-0.05, 0) is 12.8 Å². The van der Waals surface area contributed by atoms with Crippen molar-refractivity contribution in [2.45, 2.75) is 57.7 Å². The van der Waals surface area contributed by atoms with E-state index in [1.807, 2.05) is 0 Å². The summed E-state index contributed by atoms with van der Waals surface area (Å²) in [6.45, 7) is 4.79. The van der Waals surface area contributed by atoms with Crippen molar-refractivity contribution in [3.63, 3.8) is 0 Å². The fourth-order valence-corrected chi connectivity index (χ4v) is 4.32. The van der Waals surface area contributed by atoms with E-state index in [9.17, 15) is 0 Å². The van der Waals surface area contributed by atoms with Crippen LogP contribution < -0.4 is 0 Å². The summed E-state index contributed by atoms with van der Waals surface area (Å²) in [4.78, 5) is 0. The Kier molecular flexibility index (Phi) is 4.06. The van der Waals surface area contributed by atoms with E-state index in [2.05, 4.69) is 25.2 Å². The van der Waals surface area contributed by atoms with Gasteiger partial charge in [0.15, 0.2) is 0 Å². The molecule has 0 unspecified atom stereocenters. The Labute approximate surface area is 78.1 Å². The molecule has 0 saturated carbocycles. The molecule has 0 aromatic rings. The van der Waals surface area contributed by atoms with Crippen molar-refractivity contribution in [2.75, 3.05) is 0 Å². The van der Waals surface area contributed by atoms with Gasteiger partial charge in [0, 0.05) is 0 Å². The lowest BCUT2D eigenvalue weighted by Gasteiger charge is -2.32. The van der Waals surface area contributed by atoms with Crippen LogP contribution in [0.3, 0.4) is 0 Å². The molecular weight excluding hydrogens is 160 g/mol. The average Bonchev–Trinajstić information content (AvgIpc) is 2.01. The highest BCUT2D eigenvalue weighted by atomic mass is 28.3. The first-order chi connectivity index (χ1) is 5.77. The van der Waals surface area contributed by atoms with Gasteiger partial charge in [-0.2, -0.15) is 0 Å². The second kappa shape index (κ2) is 4.86. The Balaban J connectivity index is 2.05. The van der Waals surface area contributed by atoms with E-state index in [-0.39, 0.29) is 0 Å². The SMILES string of the molecule is CCCCC/C=C\[Si]1(C)CCC1. The van der Waals surface area contributed by atoms with Crippen LogP contribution in [-0.4, -0.2) is 8.07 Å². The molecule has 1 aliphatic rings. The van der Waals surface area contributed by atoms with Gasteiger partial charge in [-0.15, -0.1) is 0 Å². The quantitative estimate of drug-likeness (QED) is 0.443. The number of hydrogen-bond acceptors (Lipinski definition) is 0. The fourth-order valence-electron chi connectivity index (χ4n) is 1.78. The zero-order valence-corrected chi connectivity index (χ0v) is 9.60. The van der Waals surface area contributed by atoms with Gasteiger partial charge in [0.2, 0.25) is 0 Å². The molecule has 1 fully saturated rings. The number of hydrogen-bond donors (Lipinski definition) is 0. The van der Waals surface area contributed by atoms with Gasteiger partial charge in [-0.3, -0.25) is 0 Å². The first kappa shape index (κ1) is 10.0. The Morgan fingerprint density at radius 1 is 1.25 bits per heavy atom. The molecule has 0 N–H and O–H groups in total. The van der Waals surface area contributed by atoms with Gasteiger partial charge in [0.25, 0.3) is 0 Å². The molecule has 1 aliphatic heterocycles. The van der Waals surface area contributed by atoms with Crippen LogP contribution in [-0.2, 0) is 0 Å². The van der Waals surface area contributed by atoms with Crippen molar-refractivity contribution in [1.82, 2.24) is 0 Å². The van der Waals surface area contributed by atoms with E-state index in [1.165, 1.54) is 32.1 Å². The average molecular weight is 182 g/mol. The maximum Gasteiger partial charge on any atom is 0.0743 e. The minimum atomic E-state index is -0.737. The summed E-state index contributed by atoms with van der Waals surface area (Å²) in [5.41, 5.74) is 2.59. The lowest BCUT2D eigenvalue weighted by Crippen LogP contribution is -2.35. The number of rotatable bonds is 5. The normalized spacial score (nSPS) is 21.2. The third-order valence-corrected chi connectivity index (χ3v) is 7.02. The minimum Gasteiger partial charge on any atom is -0.0984 e. The first-order valence-corrected chi connectivity index (χ1v) is 8.44.